The lowest BCUT2D eigenvalue weighted by Crippen LogP contribution is -2.50. The summed E-state index contributed by atoms with van der Waals surface area (Å²) >= 11 is 0. The monoisotopic (exact) mass is 260 g/mol. The van der Waals surface area contributed by atoms with Crippen LogP contribution < -0.4 is 11.1 Å². The normalized spacial score (nSPS) is 14.7. The highest BCUT2D eigenvalue weighted by Gasteiger charge is 2.32. The second-order valence-corrected chi connectivity index (χ2v) is 5.39. The van der Waals surface area contributed by atoms with E-state index >= 15 is 0 Å². The maximum atomic E-state index is 11.4. The smallest absolute Gasteiger partial charge is 0.407 e. The molecule has 6 nitrogen and oxygen atoms in total. The summed E-state index contributed by atoms with van der Waals surface area (Å²) in [4.78, 5) is 22.4. The molecule has 0 aliphatic heterocycles. The quantitative estimate of drug-likeness (QED) is 0.671. The van der Waals surface area contributed by atoms with Crippen LogP contribution in [-0.2, 0) is 9.53 Å². The number of rotatable bonds is 6. The number of nitrogens with one attached hydrogen (secondary N) is 1. The molecule has 0 saturated carbocycles. The fourth-order valence-corrected chi connectivity index (χ4v) is 1.49. The fraction of sp³-hybridized carbons (Fsp3) is 0.833. The van der Waals surface area contributed by atoms with E-state index in [9.17, 15) is 9.59 Å². The van der Waals surface area contributed by atoms with Gasteiger partial charge in [0.05, 0.1) is 0 Å². The minimum absolute atomic E-state index is 0.176. The average Bonchev–Trinajstić information content (AvgIpc) is 2.14. The van der Waals surface area contributed by atoms with Gasteiger partial charge in [-0.2, -0.15) is 0 Å². The SMILES string of the molecule is CCCC(N)(CCNC(=O)OC(C)(C)C)C(=O)O. The molecule has 0 radical (unpaired) electrons. The topological polar surface area (TPSA) is 102 Å². The van der Waals surface area contributed by atoms with Gasteiger partial charge in [-0.1, -0.05) is 13.3 Å². The first-order chi connectivity index (χ1) is 8.10. The van der Waals surface area contributed by atoms with E-state index in [0.717, 1.165) is 0 Å². The number of carbonyl (C=O) groups is 2. The van der Waals surface area contributed by atoms with Gasteiger partial charge in [0.25, 0.3) is 0 Å². The Hall–Kier alpha value is -1.30. The van der Waals surface area contributed by atoms with Gasteiger partial charge in [-0.3, -0.25) is 4.79 Å². The third-order valence-electron chi connectivity index (χ3n) is 2.36. The lowest BCUT2D eigenvalue weighted by atomic mass is 9.91. The Bertz CT molecular complexity index is 299. The molecule has 0 fully saturated rings. The van der Waals surface area contributed by atoms with Crippen LogP contribution in [0, 0.1) is 0 Å². The number of carboxylic acids is 1. The van der Waals surface area contributed by atoms with Crippen LogP contribution in [0.15, 0.2) is 0 Å². The van der Waals surface area contributed by atoms with Crippen LogP contribution in [0.3, 0.4) is 0 Å². The van der Waals surface area contributed by atoms with E-state index < -0.39 is 23.2 Å². The van der Waals surface area contributed by atoms with E-state index in [1.54, 1.807) is 20.8 Å². The van der Waals surface area contributed by atoms with E-state index in [4.69, 9.17) is 15.6 Å². The van der Waals surface area contributed by atoms with Crippen molar-refractivity contribution in [3.63, 3.8) is 0 Å². The summed E-state index contributed by atoms with van der Waals surface area (Å²) < 4.78 is 5.03. The van der Waals surface area contributed by atoms with Crippen molar-refractivity contribution in [2.24, 2.45) is 5.73 Å². The van der Waals surface area contributed by atoms with Crippen LogP contribution in [-0.4, -0.2) is 34.9 Å². The fourth-order valence-electron chi connectivity index (χ4n) is 1.49. The van der Waals surface area contributed by atoms with Crippen molar-refractivity contribution < 1.29 is 19.4 Å². The molecule has 0 aliphatic rings. The molecule has 106 valence electrons. The van der Waals surface area contributed by atoms with Gasteiger partial charge >= 0.3 is 12.1 Å². The number of aliphatic carboxylic acids is 1. The zero-order valence-electron chi connectivity index (χ0n) is 11.6. The number of alkyl carbamates (subject to hydrolysis) is 1. The number of ether oxygens (including phenoxy) is 1. The second kappa shape index (κ2) is 6.58. The van der Waals surface area contributed by atoms with Crippen molar-refractivity contribution >= 4 is 12.1 Å². The summed E-state index contributed by atoms with van der Waals surface area (Å²) in [6.07, 6.45) is 0.662. The molecule has 0 heterocycles. The van der Waals surface area contributed by atoms with Gasteiger partial charge < -0.3 is 20.9 Å². The maximum Gasteiger partial charge on any atom is 0.407 e. The highest BCUT2D eigenvalue weighted by atomic mass is 16.6. The van der Waals surface area contributed by atoms with Crippen LogP contribution in [0.5, 0.6) is 0 Å². The lowest BCUT2D eigenvalue weighted by molar-refractivity contribution is -0.143. The highest BCUT2D eigenvalue weighted by molar-refractivity contribution is 5.78. The Morgan fingerprint density at radius 1 is 1.28 bits per heavy atom. The average molecular weight is 260 g/mol. The van der Waals surface area contributed by atoms with Gasteiger partial charge in [-0.25, -0.2) is 4.79 Å². The number of hydrogen-bond donors (Lipinski definition) is 3. The summed E-state index contributed by atoms with van der Waals surface area (Å²) in [7, 11) is 0. The summed E-state index contributed by atoms with van der Waals surface area (Å²) in [6.45, 7) is 7.32. The zero-order chi connectivity index (χ0) is 14.4. The molecule has 0 spiro atoms. The molecule has 0 aliphatic carbocycles. The van der Waals surface area contributed by atoms with E-state index in [1.807, 2.05) is 6.92 Å². The third kappa shape index (κ3) is 6.44. The Morgan fingerprint density at radius 2 is 1.83 bits per heavy atom. The Labute approximate surface area is 108 Å². The van der Waals surface area contributed by atoms with Crippen LogP contribution >= 0.6 is 0 Å². The molecule has 18 heavy (non-hydrogen) atoms. The van der Waals surface area contributed by atoms with Gasteiger partial charge in [-0.05, 0) is 33.6 Å². The molecule has 0 aromatic rings. The first-order valence-corrected chi connectivity index (χ1v) is 6.10. The third-order valence-corrected chi connectivity index (χ3v) is 2.36. The molecule has 1 unspecified atom stereocenters. The maximum absolute atomic E-state index is 11.4. The van der Waals surface area contributed by atoms with Crippen LogP contribution in [0.1, 0.15) is 47.0 Å². The molecule has 0 aromatic carbocycles. The number of hydrogen-bond acceptors (Lipinski definition) is 4. The zero-order valence-corrected chi connectivity index (χ0v) is 11.6. The van der Waals surface area contributed by atoms with E-state index in [-0.39, 0.29) is 13.0 Å². The summed E-state index contributed by atoms with van der Waals surface area (Å²) in [5.41, 5.74) is 3.92. The van der Waals surface area contributed by atoms with Crippen molar-refractivity contribution in [3.8, 4) is 0 Å². The van der Waals surface area contributed by atoms with E-state index in [1.165, 1.54) is 0 Å². The number of carboxylic acid groups (broad SMARTS) is 1. The van der Waals surface area contributed by atoms with Gasteiger partial charge in [0.15, 0.2) is 0 Å². The summed E-state index contributed by atoms with van der Waals surface area (Å²) in [5.74, 6) is -1.05. The molecule has 1 atom stereocenters. The number of carbonyl (C=O) groups excluding carboxylic acids is 1. The van der Waals surface area contributed by atoms with Crippen molar-refractivity contribution in [3.05, 3.63) is 0 Å². The molecule has 0 bridgehead atoms. The van der Waals surface area contributed by atoms with E-state index in [0.29, 0.717) is 12.8 Å². The van der Waals surface area contributed by atoms with E-state index in [2.05, 4.69) is 5.32 Å². The van der Waals surface area contributed by atoms with Crippen molar-refractivity contribution in [1.82, 2.24) is 5.32 Å². The summed E-state index contributed by atoms with van der Waals surface area (Å²) in [5, 5.41) is 11.6. The molecule has 0 rings (SSSR count). The van der Waals surface area contributed by atoms with Gasteiger partial charge in [0.1, 0.15) is 11.1 Å². The lowest BCUT2D eigenvalue weighted by Gasteiger charge is -2.25. The molecular weight excluding hydrogens is 236 g/mol. The van der Waals surface area contributed by atoms with Gasteiger partial charge in [0, 0.05) is 6.54 Å². The predicted octanol–water partition coefficient (Wildman–Crippen LogP) is 1.48. The van der Waals surface area contributed by atoms with Crippen LogP contribution in [0.25, 0.3) is 0 Å². The largest absolute Gasteiger partial charge is 0.480 e. The molecular formula is C12H24N2O4. The predicted molar refractivity (Wildman–Crippen MR) is 68.3 cm³/mol. The second-order valence-electron chi connectivity index (χ2n) is 5.39. The van der Waals surface area contributed by atoms with Crippen molar-refractivity contribution in [1.29, 1.82) is 0 Å². The Morgan fingerprint density at radius 3 is 2.22 bits per heavy atom. The first-order valence-electron chi connectivity index (χ1n) is 6.10. The number of amides is 1. The van der Waals surface area contributed by atoms with Crippen molar-refractivity contribution in [2.75, 3.05) is 6.54 Å². The molecule has 0 saturated heterocycles. The number of nitrogens with two attached hydrogens (primary N) is 1. The van der Waals surface area contributed by atoms with Crippen LogP contribution in [0.4, 0.5) is 4.79 Å². The van der Waals surface area contributed by atoms with Crippen LogP contribution in [0.2, 0.25) is 0 Å². The molecule has 4 N–H and O–H groups in total. The van der Waals surface area contributed by atoms with Gasteiger partial charge in [0.2, 0.25) is 0 Å². The minimum atomic E-state index is -1.29. The summed E-state index contributed by atoms with van der Waals surface area (Å²) in [6, 6.07) is 0. The Kier molecular flexibility index (Phi) is 6.11. The van der Waals surface area contributed by atoms with Gasteiger partial charge in [-0.15, -0.1) is 0 Å². The highest BCUT2D eigenvalue weighted by Crippen LogP contribution is 2.14. The minimum Gasteiger partial charge on any atom is -0.480 e. The first kappa shape index (κ1) is 16.7. The molecule has 0 aromatic heterocycles. The standard InChI is InChI=1S/C12H24N2O4/c1-5-6-12(13,9(15)16)7-8-14-10(17)18-11(2,3)4/h5-8,13H2,1-4H3,(H,14,17)(H,15,16). The Balaban J connectivity index is 4.16. The molecule has 1 amide bonds. The van der Waals surface area contributed by atoms with Crippen molar-refractivity contribution in [2.45, 2.75) is 58.1 Å². The molecule has 6 heteroatoms.